The first-order valence-corrected chi connectivity index (χ1v) is 6.21. The van der Waals surface area contributed by atoms with Crippen LogP contribution in [0.4, 0.5) is 0 Å². The van der Waals surface area contributed by atoms with Crippen molar-refractivity contribution in [1.29, 1.82) is 0 Å². The third kappa shape index (κ3) is 4.16. The van der Waals surface area contributed by atoms with E-state index in [0.717, 1.165) is 30.1 Å². The molecule has 0 aromatic carbocycles. The fourth-order valence-electron chi connectivity index (χ4n) is 1.73. The summed E-state index contributed by atoms with van der Waals surface area (Å²) in [7, 11) is 1.87. The molecule has 5 nitrogen and oxygen atoms in total. The summed E-state index contributed by atoms with van der Waals surface area (Å²) >= 11 is 0. The molecule has 1 heterocycles. The molecule has 0 saturated carbocycles. The third-order valence-corrected chi connectivity index (χ3v) is 2.67. The first kappa shape index (κ1) is 14.7. The standard InChI is InChI=1S/C13H23N3O2/c1-5-8-18-13-12(11(3)15-16(13)4)9-14-7-6-10(2)17/h5,10,14,17H,1,6-9H2,2-4H3. The average molecular weight is 253 g/mol. The number of hydrogen-bond donors (Lipinski definition) is 2. The largest absolute Gasteiger partial charge is 0.473 e. The first-order chi connectivity index (χ1) is 8.56. The van der Waals surface area contributed by atoms with E-state index in [-0.39, 0.29) is 6.10 Å². The van der Waals surface area contributed by atoms with Crippen LogP contribution >= 0.6 is 0 Å². The van der Waals surface area contributed by atoms with Crippen LogP contribution in [0.1, 0.15) is 24.6 Å². The molecule has 5 heteroatoms. The van der Waals surface area contributed by atoms with Gasteiger partial charge in [-0.1, -0.05) is 12.7 Å². The molecule has 0 radical (unpaired) electrons. The zero-order valence-corrected chi connectivity index (χ0v) is 11.4. The van der Waals surface area contributed by atoms with Crippen molar-refractivity contribution in [2.24, 2.45) is 7.05 Å². The van der Waals surface area contributed by atoms with E-state index < -0.39 is 0 Å². The van der Waals surface area contributed by atoms with Gasteiger partial charge in [-0.3, -0.25) is 0 Å². The predicted octanol–water partition coefficient (Wildman–Crippen LogP) is 1.15. The van der Waals surface area contributed by atoms with E-state index in [0.29, 0.717) is 13.2 Å². The summed E-state index contributed by atoms with van der Waals surface area (Å²) in [5.41, 5.74) is 2.02. The van der Waals surface area contributed by atoms with E-state index in [2.05, 4.69) is 17.0 Å². The molecule has 1 aromatic heterocycles. The van der Waals surface area contributed by atoms with E-state index in [1.165, 1.54) is 0 Å². The van der Waals surface area contributed by atoms with Gasteiger partial charge in [0, 0.05) is 13.6 Å². The summed E-state index contributed by atoms with van der Waals surface area (Å²) in [6, 6.07) is 0. The van der Waals surface area contributed by atoms with Gasteiger partial charge in [-0.05, 0) is 26.8 Å². The summed E-state index contributed by atoms with van der Waals surface area (Å²) in [5.74, 6) is 0.775. The lowest BCUT2D eigenvalue weighted by Crippen LogP contribution is -2.19. The van der Waals surface area contributed by atoms with Gasteiger partial charge >= 0.3 is 0 Å². The maximum atomic E-state index is 9.19. The summed E-state index contributed by atoms with van der Waals surface area (Å²) in [6.45, 7) is 9.33. The van der Waals surface area contributed by atoms with Crippen LogP contribution in [0, 0.1) is 6.92 Å². The molecule has 0 aliphatic heterocycles. The number of rotatable bonds is 8. The van der Waals surface area contributed by atoms with Crippen molar-refractivity contribution in [1.82, 2.24) is 15.1 Å². The highest BCUT2D eigenvalue weighted by Crippen LogP contribution is 2.21. The number of aryl methyl sites for hydroxylation is 2. The average Bonchev–Trinajstić information content (AvgIpc) is 2.56. The van der Waals surface area contributed by atoms with Crippen molar-refractivity contribution in [3.05, 3.63) is 23.9 Å². The lowest BCUT2D eigenvalue weighted by Gasteiger charge is -2.09. The SMILES string of the molecule is C=CCOc1c(CNCCC(C)O)c(C)nn1C. The van der Waals surface area contributed by atoms with Crippen LogP contribution in [0.2, 0.25) is 0 Å². The number of nitrogens with zero attached hydrogens (tertiary/aromatic N) is 2. The van der Waals surface area contributed by atoms with Crippen LogP contribution in [0.25, 0.3) is 0 Å². The Labute approximate surface area is 108 Å². The summed E-state index contributed by atoms with van der Waals surface area (Å²) < 4.78 is 7.35. The Kier molecular flexibility index (Phi) is 5.88. The molecule has 0 aliphatic carbocycles. The lowest BCUT2D eigenvalue weighted by molar-refractivity contribution is 0.183. The van der Waals surface area contributed by atoms with E-state index >= 15 is 0 Å². The van der Waals surface area contributed by atoms with E-state index in [9.17, 15) is 5.11 Å². The molecule has 0 fully saturated rings. The van der Waals surface area contributed by atoms with Crippen LogP contribution in [-0.4, -0.2) is 34.1 Å². The van der Waals surface area contributed by atoms with E-state index in [4.69, 9.17) is 4.74 Å². The molecular weight excluding hydrogens is 230 g/mol. The first-order valence-electron chi connectivity index (χ1n) is 6.21. The summed E-state index contributed by atoms with van der Waals surface area (Å²) in [5, 5.41) is 16.8. The summed E-state index contributed by atoms with van der Waals surface area (Å²) in [4.78, 5) is 0. The maximum Gasteiger partial charge on any atom is 0.216 e. The predicted molar refractivity (Wildman–Crippen MR) is 71.6 cm³/mol. The van der Waals surface area contributed by atoms with Gasteiger partial charge in [-0.2, -0.15) is 5.10 Å². The van der Waals surface area contributed by atoms with Crippen LogP contribution in [-0.2, 0) is 13.6 Å². The Morgan fingerprint density at radius 2 is 2.33 bits per heavy atom. The zero-order chi connectivity index (χ0) is 13.5. The smallest absolute Gasteiger partial charge is 0.216 e. The van der Waals surface area contributed by atoms with Crippen LogP contribution in [0.3, 0.4) is 0 Å². The quantitative estimate of drug-likeness (QED) is 0.539. The minimum Gasteiger partial charge on any atom is -0.473 e. The highest BCUT2D eigenvalue weighted by Gasteiger charge is 2.13. The van der Waals surface area contributed by atoms with Gasteiger partial charge in [-0.25, -0.2) is 4.68 Å². The van der Waals surface area contributed by atoms with Gasteiger partial charge in [0.15, 0.2) is 0 Å². The van der Waals surface area contributed by atoms with Crippen molar-refractivity contribution in [2.75, 3.05) is 13.2 Å². The van der Waals surface area contributed by atoms with Gasteiger partial charge in [0.1, 0.15) is 6.61 Å². The Bertz CT molecular complexity index is 386. The van der Waals surface area contributed by atoms with Crippen LogP contribution < -0.4 is 10.1 Å². The monoisotopic (exact) mass is 253 g/mol. The second kappa shape index (κ2) is 7.18. The molecule has 0 spiro atoms. The maximum absolute atomic E-state index is 9.19. The van der Waals surface area contributed by atoms with Crippen molar-refractivity contribution in [2.45, 2.75) is 32.9 Å². The molecule has 0 bridgehead atoms. The number of ether oxygens (including phenoxy) is 1. The lowest BCUT2D eigenvalue weighted by atomic mass is 10.2. The molecule has 1 aromatic rings. The normalized spacial score (nSPS) is 12.4. The fraction of sp³-hybridized carbons (Fsp3) is 0.615. The molecular formula is C13H23N3O2. The Morgan fingerprint density at radius 3 is 2.94 bits per heavy atom. The van der Waals surface area contributed by atoms with E-state index in [1.54, 1.807) is 17.7 Å². The molecule has 0 aliphatic rings. The fourth-order valence-corrected chi connectivity index (χ4v) is 1.73. The number of hydrogen-bond acceptors (Lipinski definition) is 4. The van der Waals surface area contributed by atoms with Gasteiger partial charge in [0.05, 0.1) is 17.4 Å². The van der Waals surface area contributed by atoms with Crippen molar-refractivity contribution in [3.63, 3.8) is 0 Å². The minimum atomic E-state index is -0.274. The van der Waals surface area contributed by atoms with Crippen LogP contribution in [0.15, 0.2) is 12.7 Å². The van der Waals surface area contributed by atoms with Gasteiger partial charge in [0.25, 0.3) is 0 Å². The second-order valence-corrected chi connectivity index (χ2v) is 4.41. The molecule has 102 valence electrons. The van der Waals surface area contributed by atoms with Crippen molar-refractivity contribution < 1.29 is 9.84 Å². The van der Waals surface area contributed by atoms with E-state index in [1.807, 2.05) is 14.0 Å². The molecule has 1 rings (SSSR count). The molecule has 1 atom stereocenters. The Balaban J connectivity index is 2.59. The van der Waals surface area contributed by atoms with Crippen LogP contribution in [0.5, 0.6) is 5.88 Å². The topological polar surface area (TPSA) is 59.3 Å². The van der Waals surface area contributed by atoms with Gasteiger partial charge < -0.3 is 15.2 Å². The Morgan fingerprint density at radius 1 is 1.61 bits per heavy atom. The third-order valence-electron chi connectivity index (χ3n) is 2.67. The number of aliphatic hydroxyl groups excluding tert-OH is 1. The van der Waals surface area contributed by atoms with Gasteiger partial charge in [0.2, 0.25) is 5.88 Å². The molecule has 0 saturated heterocycles. The highest BCUT2D eigenvalue weighted by molar-refractivity contribution is 5.30. The number of nitrogens with one attached hydrogen (secondary N) is 1. The Hall–Kier alpha value is -1.33. The zero-order valence-electron chi connectivity index (χ0n) is 11.4. The highest BCUT2D eigenvalue weighted by atomic mass is 16.5. The number of aliphatic hydroxyl groups is 1. The number of aromatic nitrogens is 2. The van der Waals surface area contributed by atoms with Crippen molar-refractivity contribution in [3.8, 4) is 5.88 Å². The van der Waals surface area contributed by atoms with Crippen molar-refractivity contribution >= 4 is 0 Å². The molecule has 1 unspecified atom stereocenters. The molecule has 18 heavy (non-hydrogen) atoms. The van der Waals surface area contributed by atoms with Gasteiger partial charge in [-0.15, -0.1) is 0 Å². The second-order valence-electron chi connectivity index (χ2n) is 4.41. The molecule has 0 amide bonds. The molecule has 2 N–H and O–H groups in total. The summed E-state index contributed by atoms with van der Waals surface area (Å²) in [6.07, 6.45) is 2.18. The minimum absolute atomic E-state index is 0.274.